The van der Waals surface area contributed by atoms with E-state index < -0.39 is 0 Å². The molecule has 0 radical (unpaired) electrons. The second-order valence-electron chi connectivity index (χ2n) is 17.6. The van der Waals surface area contributed by atoms with E-state index >= 15 is 0 Å². The lowest BCUT2D eigenvalue weighted by Gasteiger charge is -2.31. The predicted octanol–water partition coefficient (Wildman–Crippen LogP) is 17.7. The summed E-state index contributed by atoms with van der Waals surface area (Å²) in [6, 6.07) is 87.5. The Hall–Kier alpha value is -8.00. The first-order valence-corrected chi connectivity index (χ1v) is 22.3. The highest BCUT2D eigenvalue weighted by Crippen LogP contribution is 2.57. The average molecular weight is 816 g/mol. The molecule has 1 nitrogen and oxygen atoms in total. The summed E-state index contributed by atoms with van der Waals surface area (Å²) in [5, 5.41) is 12.2. The Morgan fingerprint density at radius 3 is 1.23 bits per heavy atom. The number of rotatable bonds is 5. The number of benzene rings is 10. The minimum absolute atomic E-state index is 0.231. The van der Waals surface area contributed by atoms with Gasteiger partial charge in [-0.2, -0.15) is 0 Å². The number of nitrogens with zero attached hydrogens (tertiary/aromatic N) is 1. The highest BCUT2D eigenvalue weighted by atomic mass is 15.1. The van der Waals surface area contributed by atoms with Crippen LogP contribution >= 0.6 is 0 Å². The molecule has 12 rings (SSSR count). The summed E-state index contributed by atoms with van der Waals surface area (Å²) in [7, 11) is 0. The molecule has 0 aromatic heterocycles. The van der Waals surface area contributed by atoms with Crippen LogP contribution in [0.2, 0.25) is 0 Å². The van der Waals surface area contributed by atoms with Crippen LogP contribution in [0.1, 0.15) is 25.0 Å². The van der Waals surface area contributed by atoms with Gasteiger partial charge in [0.1, 0.15) is 0 Å². The van der Waals surface area contributed by atoms with E-state index in [2.05, 4.69) is 255 Å². The van der Waals surface area contributed by atoms with Gasteiger partial charge in [0.15, 0.2) is 0 Å². The van der Waals surface area contributed by atoms with Crippen molar-refractivity contribution in [2.24, 2.45) is 0 Å². The molecule has 0 saturated carbocycles. The third-order valence-electron chi connectivity index (χ3n) is 13.7. The van der Waals surface area contributed by atoms with Crippen LogP contribution in [-0.2, 0) is 5.41 Å². The Morgan fingerprint density at radius 1 is 0.297 bits per heavy atom. The fourth-order valence-corrected chi connectivity index (χ4v) is 10.7. The van der Waals surface area contributed by atoms with Crippen LogP contribution in [-0.4, -0.2) is 0 Å². The van der Waals surface area contributed by atoms with Gasteiger partial charge in [-0.15, -0.1) is 0 Å². The predicted molar refractivity (Wildman–Crippen MR) is 275 cm³/mol. The van der Waals surface area contributed by atoms with Crippen molar-refractivity contribution in [2.75, 3.05) is 4.90 Å². The van der Waals surface area contributed by atoms with Crippen molar-refractivity contribution in [2.45, 2.75) is 19.3 Å². The minimum Gasteiger partial charge on any atom is -0.310 e. The zero-order chi connectivity index (χ0) is 42.8. The topological polar surface area (TPSA) is 3.24 Å². The van der Waals surface area contributed by atoms with E-state index in [0.717, 1.165) is 17.1 Å². The quantitative estimate of drug-likeness (QED) is 0.167. The molecular weight excluding hydrogens is 771 g/mol. The van der Waals surface area contributed by atoms with Crippen molar-refractivity contribution in [3.63, 3.8) is 0 Å². The molecule has 1 aliphatic carbocycles. The number of anilines is 3. The van der Waals surface area contributed by atoms with Crippen molar-refractivity contribution in [1.82, 2.24) is 0 Å². The summed E-state index contributed by atoms with van der Waals surface area (Å²) < 4.78 is 0. The molecule has 11 aromatic carbocycles. The Kier molecular flexibility index (Phi) is 8.91. The molecule has 0 bridgehead atoms. The average Bonchev–Trinajstić information content (AvgIpc) is 3.61. The molecule has 0 amide bonds. The smallest absolute Gasteiger partial charge is 0.0543 e. The molecule has 0 fully saturated rings. The highest BCUT2D eigenvalue weighted by Gasteiger charge is 2.40. The third-order valence-corrected chi connectivity index (χ3v) is 13.7. The van der Waals surface area contributed by atoms with E-state index in [9.17, 15) is 0 Å². The summed E-state index contributed by atoms with van der Waals surface area (Å²) in [5.74, 6) is 0. The van der Waals surface area contributed by atoms with Gasteiger partial charge in [0.2, 0.25) is 0 Å². The molecule has 0 unspecified atom stereocenters. The first kappa shape index (κ1) is 37.7. The molecule has 0 aliphatic heterocycles. The van der Waals surface area contributed by atoms with Crippen molar-refractivity contribution < 1.29 is 0 Å². The Balaban J connectivity index is 1.22. The second-order valence-corrected chi connectivity index (χ2v) is 17.6. The number of hydrogen-bond acceptors (Lipinski definition) is 1. The molecule has 0 N–H and O–H groups in total. The van der Waals surface area contributed by atoms with Gasteiger partial charge >= 0.3 is 0 Å². The van der Waals surface area contributed by atoms with Gasteiger partial charge in [0, 0.05) is 22.4 Å². The van der Waals surface area contributed by atoms with Crippen LogP contribution < -0.4 is 4.90 Å². The van der Waals surface area contributed by atoms with Gasteiger partial charge in [-0.25, -0.2) is 0 Å². The number of hydrogen-bond donors (Lipinski definition) is 0. The van der Waals surface area contributed by atoms with E-state index in [1.807, 2.05) is 0 Å². The standard InChI is InChI=1S/C63H45N/c1-63(2)59-32-18-17-31-57(59)61-60(40-39-47(62(61)63)44-21-7-4-8-22-44)64(45-35-33-43(34-36-45)42-19-5-3-6-20-42)46-37-38-56-54-29-14-13-27-52(54)50-25-10-9-23-48(50)49-24-11-12-26-51(49)53-28-15-16-30-55(53)58(56)41-46/h3-41H,1-2H3. The molecule has 302 valence electrons. The Morgan fingerprint density at radius 2 is 0.703 bits per heavy atom. The lowest BCUT2D eigenvalue weighted by molar-refractivity contribution is 0.662. The monoisotopic (exact) mass is 815 g/mol. The van der Waals surface area contributed by atoms with Gasteiger partial charge in [0.05, 0.1) is 5.69 Å². The van der Waals surface area contributed by atoms with Gasteiger partial charge in [0.25, 0.3) is 0 Å². The van der Waals surface area contributed by atoms with Crippen LogP contribution in [0.5, 0.6) is 0 Å². The summed E-state index contributed by atoms with van der Waals surface area (Å²) >= 11 is 0. The van der Waals surface area contributed by atoms with Crippen LogP contribution in [0, 0.1) is 0 Å². The maximum atomic E-state index is 2.51. The summed E-state index contributed by atoms with van der Waals surface area (Å²) in [6.07, 6.45) is 0. The summed E-state index contributed by atoms with van der Waals surface area (Å²) in [5.41, 5.74) is 13.3. The van der Waals surface area contributed by atoms with Crippen LogP contribution in [0.25, 0.3) is 87.2 Å². The molecule has 11 aromatic rings. The zero-order valence-electron chi connectivity index (χ0n) is 36.0. The minimum atomic E-state index is -0.231. The first-order valence-electron chi connectivity index (χ1n) is 22.3. The molecule has 0 heterocycles. The molecule has 0 spiro atoms. The van der Waals surface area contributed by atoms with Gasteiger partial charge in [-0.3, -0.25) is 0 Å². The Labute approximate surface area is 374 Å². The second kappa shape index (κ2) is 15.1. The van der Waals surface area contributed by atoms with E-state index in [0.29, 0.717) is 0 Å². The fraction of sp³-hybridized carbons (Fsp3) is 0.0476. The maximum Gasteiger partial charge on any atom is 0.0543 e. The summed E-state index contributed by atoms with van der Waals surface area (Å²) in [4.78, 5) is 2.51. The van der Waals surface area contributed by atoms with Crippen molar-refractivity contribution in [3.8, 4) is 33.4 Å². The third kappa shape index (κ3) is 6.00. The molecule has 1 aliphatic rings. The van der Waals surface area contributed by atoms with Crippen molar-refractivity contribution >= 4 is 70.9 Å². The molecule has 1 heteroatoms. The normalized spacial score (nSPS) is 12.7. The first-order chi connectivity index (χ1) is 31.5. The van der Waals surface area contributed by atoms with Crippen molar-refractivity contribution in [3.05, 3.63) is 248 Å². The zero-order valence-corrected chi connectivity index (χ0v) is 36.0. The van der Waals surface area contributed by atoms with E-state index in [1.54, 1.807) is 0 Å². The van der Waals surface area contributed by atoms with Gasteiger partial charge in [-0.05, 0) is 123 Å². The maximum absolute atomic E-state index is 2.51. The summed E-state index contributed by atoms with van der Waals surface area (Å²) in [6.45, 7) is 4.79. The largest absolute Gasteiger partial charge is 0.310 e. The van der Waals surface area contributed by atoms with Gasteiger partial charge in [-0.1, -0.05) is 220 Å². The van der Waals surface area contributed by atoms with Gasteiger partial charge < -0.3 is 4.90 Å². The van der Waals surface area contributed by atoms with E-state index in [-0.39, 0.29) is 5.41 Å². The van der Waals surface area contributed by atoms with Crippen LogP contribution in [0.4, 0.5) is 17.1 Å². The van der Waals surface area contributed by atoms with Crippen LogP contribution in [0.15, 0.2) is 237 Å². The SMILES string of the molecule is CC1(C)c2ccccc2-c2c(N(c3ccc(-c4ccccc4)cc3)c3ccc4c5ccccc5c5ccccc5c5ccccc5c5ccccc5c4c3)ccc(-c3ccccc3)c21. The van der Waals surface area contributed by atoms with Crippen LogP contribution in [0.3, 0.4) is 0 Å². The van der Waals surface area contributed by atoms with Crippen molar-refractivity contribution in [1.29, 1.82) is 0 Å². The van der Waals surface area contributed by atoms with E-state index in [1.165, 1.54) is 98.4 Å². The molecule has 0 saturated heterocycles. The molecular formula is C63H45N. The molecule has 0 atom stereocenters. The fourth-order valence-electron chi connectivity index (χ4n) is 10.7. The lowest BCUT2D eigenvalue weighted by Crippen LogP contribution is -2.17. The molecule has 64 heavy (non-hydrogen) atoms. The lowest BCUT2D eigenvalue weighted by atomic mass is 9.78. The highest BCUT2D eigenvalue weighted by molar-refractivity contribution is 6.26. The number of fused-ring (bicyclic) bond motifs is 13. The van der Waals surface area contributed by atoms with E-state index in [4.69, 9.17) is 0 Å². The Bertz CT molecular complexity index is 3600.